The second kappa shape index (κ2) is 6.07. The van der Waals surface area contributed by atoms with Crippen LogP contribution in [0.2, 0.25) is 0 Å². The van der Waals surface area contributed by atoms with E-state index in [-0.39, 0.29) is 5.91 Å². The van der Waals surface area contributed by atoms with Crippen LogP contribution >= 0.6 is 11.3 Å². The predicted molar refractivity (Wildman–Crippen MR) is 104 cm³/mol. The number of fused-ring (bicyclic) bond motifs is 2. The van der Waals surface area contributed by atoms with Crippen LogP contribution in [0.5, 0.6) is 0 Å². The SMILES string of the molecule is O=C(Nc1nc(-c2ccc3c(c2)CCC3)cs1)c1ccc2nc[nH]c2c1. The molecule has 0 unspecified atom stereocenters. The van der Waals surface area contributed by atoms with Crippen LogP contribution in [-0.2, 0) is 12.8 Å². The number of nitrogens with one attached hydrogen (secondary N) is 2. The highest BCUT2D eigenvalue weighted by Crippen LogP contribution is 2.30. The summed E-state index contributed by atoms with van der Waals surface area (Å²) in [5, 5.41) is 5.49. The van der Waals surface area contributed by atoms with Gasteiger partial charge in [-0.1, -0.05) is 12.1 Å². The summed E-state index contributed by atoms with van der Waals surface area (Å²) in [5.74, 6) is -0.170. The Hall–Kier alpha value is -2.99. The maximum atomic E-state index is 12.5. The first kappa shape index (κ1) is 15.3. The Kier molecular flexibility index (Phi) is 3.57. The van der Waals surface area contributed by atoms with Gasteiger partial charge in [-0.3, -0.25) is 10.1 Å². The zero-order valence-corrected chi connectivity index (χ0v) is 14.8. The summed E-state index contributed by atoms with van der Waals surface area (Å²) in [5.41, 5.74) is 7.16. The second-order valence-electron chi connectivity index (χ2n) is 6.46. The number of hydrogen-bond acceptors (Lipinski definition) is 4. The number of aryl methyl sites for hydroxylation is 2. The fraction of sp³-hybridized carbons (Fsp3) is 0.150. The van der Waals surface area contributed by atoms with Gasteiger partial charge in [0.05, 0.1) is 23.1 Å². The lowest BCUT2D eigenvalue weighted by atomic mass is 10.1. The molecule has 5 nitrogen and oxygen atoms in total. The zero-order valence-electron chi connectivity index (χ0n) is 14.0. The smallest absolute Gasteiger partial charge is 0.257 e. The highest BCUT2D eigenvalue weighted by Gasteiger charge is 2.14. The van der Waals surface area contributed by atoms with E-state index in [4.69, 9.17) is 0 Å². The van der Waals surface area contributed by atoms with Crippen LogP contribution in [0.15, 0.2) is 48.1 Å². The molecular formula is C20H16N4OS. The molecule has 5 rings (SSSR count). The monoisotopic (exact) mass is 360 g/mol. The molecule has 1 aliphatic rings. The number of H-pyrrole nitrogens is 1. The highest BCUT2D eigenvalue weighted by atomic mass is 32.1. The minimum atomic E-state index is -0.170. The van der Waals surface area contributed by atoms with E-state index < -0.39 is 0 Å². The predicted octanol–water partition coefficient (Wildman–Crippen LogP) is 4.43. The summed E-state index contributed by atoms with van der Waals surface area (Å²) in [6.45, 7) is 0. The lowest BCUT2D eigenvalue weighted by Crippen LogP contribution is -2.11. The van der Waals surface area contributed by atoms with Gasteiger partial charge in [-0.25, -0.2) is 9.97 Å². The van der Waals surface area contributed by atoms with Crippen molar-refractivity contribution in [3.05, 3.63) is 64.8 Å². The third-order valence-corrected chi connectivity index (χ3v) is 5.56. The number of rotatable bonds is 3. The molecule has 0 saturated carbocycles. The lowest BCUT2D eigenvalue weighted by Gasteiger charge is -2.03. The third-order valence-electron chi connectivity index (χ3n) is 4.80. The van der Waals surface area contributed by atoms with Crippen molar-refractivity contribution in [2.24, 2.45) is 0 Å². The molecular weight excluding hydrogens is 344 g/mol. The Morgan fingerprint density at radius 3 is 3.00 bits per heavy atom. The number of imidazole rings is 1. The number of aromatic nitrogens is 3. The molecule has 0 spiro atoms. The van der Waals surface area contributed by atoms with Crippen molar-refractivity contribution in [2.75, 3.05) is 5.32 Å². The van der Waals surface area contributed by atoms with Crippen LogP contribution in [0.3, 0.4) is 0 Å². The van der Waals surface area contributed by atoms with E-state index >= 15 is 0 Å². The minimum absolute atomic E-state index is 0.170. The van der Waals surface area contributed by atoms with Gasteiger partial charge in [-0.2, -0.15) is 0 Å². The largest absolute Gasteiger partial charge is 0.345 e. The average Bonchev–Trinajstić information content (AvgIpc) is 3.40. The van der Waals surface area contributed by atoms with E-state index in [1.165, 1.54) is 35.3 Å². The van der Waals surface area contributed by atoms with Crippen molar-refractivity contribution in [2.45, 2.75) is 19.3 Å². The molecule has 2 aromatic heterocycles. The van der Waals surface area contributed by atoms with Gasteiger partial charge in [0.25, 0.3) is 5.91 Å². The van der Waals surface area contributed by atoms with E-state index in [0.29, 0.717) is 10.7 Å². The first-order chi connectivity index (χ1) is 12.8. The Labute approximate surface area is 154 Å². The summed E-state index contributed by atoms with van der Waals surface area (Å²) in [6, 6.07) is 12.0. The Morgan fingerprint density at radius 2 is 2.04 bits per heavy atom. The molecule has 0 saturated heterocycles. The molecule has 128 valence electrons. The van der Waals surface area contributed by atoms with Crippen LogP contribution in [0, 0.1) is 0 Å². The van der Waals surface area contributed by atoms with Crippen molar-refractivity contribution in [3.8, 4) is 11.3 Å². The number of nitrogens with zero attached hydrogens (tertiary/aromatic N) is 2. The average molecular weight is 360 g/mol. The fourth-order valence-corrected chi connectivity index (χ4v) is 4.16. The number of benzene rings is 2. The minimum Gasteiger partial charge on any atom is -0.345 e. The standard InChI is InChI=1S/C20H16N4OS/c25-19(15-6-7-16-17(9-15)22-11-21-16)24-20-23-18(10-26-20)14-5-4-12-2-1-3-13(12)8-14/h4-11H,1-3H2,(H,21,22)(H,23,24,25). The van der Waals surface area contributed by atoms with Crippen molar-refractivity contribution in [3.63, 3.8) is 0 Å². The van der Waals surface area contributed by atoms with Crippen LogP contribution in [0.4, 0.5) is 5.13 Å². The van der Waals surface area contributed by atoms with Crippen LogP contribution in [0.25, 0.3) is 22.3 Å². The summed E-state index contributed by atoms with van der Waals surface area (Å²) in [7, 11) is 0. The zero-order chi connectivity index (χ0) is 17.5. The third kappa shape index (κ3) is 2.68. The van der Waals surface area contributed by atoms with Crippen LogP contribution < -0.4 is 5.32 Å². The number of anilines is 1. The lowest BCUT2D eigenvalue weighted by molar-refractivity contribution is 0.102. The van der Waals surface area contributed by atoms with E-state index in [2.05, 4.69) is 38.5 Å². The highest BCUT2D eigenvalue weighted by molar-refractivity contribution is 7.14. The Balaban J connectivity index is 1.37. The van der Waals surface area contributed by atoms with Gasteiger partial charge < -0.3 is 4.98 Å². The first-order valence-electron chi connectivity index (χ1n) is 8.58. The summed E-state index contributed by atoms with van der Waals surface area (Å²) in [4.78, 5) is 24.3. The van der Waals surface area contributed by atoms with Crippen molar-refractivity contribution in [1.29, 1.82) is 0 Å². The molecule has 0 fully saturated rings. The van der Waals surface area contributed by atoms with Crippen molar-refractivity contribution >= 4 is 33.4 Å². The fourth-order valence-electron chi connectivity index (χ4n) is 3.44. The second-order valence-corrected chi connectivity index (χ2v) is 7.32. The molecule has 0 bridgehead atoms. The molecule has 4 aromatic rings. The number of carbonyl (C=O) groups excluding carboxylic acids is 1. The maximum Gasteiger partial charge on any atom is 0.257 e. The van der Waals surface area contributed by atoms with Gasteiger partial charge in [0.15, 0.2) is 5.13 Å². The Morgan fingerprint density at radius 1 is 1.12 bits per heavy atom. The molecule has 6 heteroatoms. The molecule has 0 radical (unpaired) electrons. The quantitative estimate of drug-likeness (QED) is 0.568. The van der Waals surface area contributed by atoms with Gasteiger partial charge in [0.1, 0.15) is 0 Å². The summed E-state index contributed by atoms with van der Waals surface area (Å²) in [6.07, 6.45) is 5.18. The molecule has 0 atom stereocenters. The normalized spacial score (nSPS) is 13.1. The van der Waals surface area contributed by atoms with Gasteiger partial charge in [0, 0.05) is 16.5 Å². The molecule has 2 aromatic carbocycles. The van der Waals surface area contributed by atoms with Crippen molar-refractivity contribution < 1.29 is 4.79 Å². The summed E-state index contributed by atoms with van der Waals surface area (Å²) >= 11 is 1.44. The topological polar surface area (TPSA) is 70.7 Å². The maximum absolute atomic E-state index is 12.5. The number of thiazole rings is 1. The molecule has 2 heterocycles. The molecule has 26 heavy (non-hydrogen) atoms. The molecule has 0 aliphatic heterocycles. The van der Waals surface area contributed by atoms with Crippen LogP contribution in [-0.4, -0.2) is 20.9 Å². The number of aromatic amines is 1. The van der Waals surface area contributed by atoms with Gasteiger partial charge >= 0.3 is 0 Å². The van der Waals surface area contributed by atoms with Crippen LogP contribution in [0.1, 0.15) is 27.9 Å². The number of amides is 1. The van der Waals surface area contributed by atoms with Gasteiger partial charge in [-0.05, 0) is 54.7 Å². The van der Waals surface area contributed by atoms with E-state index in [0.717, 1.165) is 28.7 Å². The molecule has 2 N–H and O–H groups in total. The van der Waals surface area contributed by atoms with E-state index in [1.807, 2.05) is 11.4 Å². The first-order valence-corrected chi connectivity index (χ1v) is 9.46. The molecule has 1 amide bonds. The summed E-state index contributed by atoms with van der Waals surface area (Å²) < 4.78 is 0. The number of carbonyl (C=O) groups is 1. The molecule has 1 aliphatic carbocycles. The van der Waals surface area contributed by atoms with E-state index in [1.54, 1.807) is 18.5 Å². The van der Waals surface area contributed by atoms with E-state index in [9.17, 15) is 4.79 Å². The Bertz CT molecular complexity index is 1130. The number of hydrogen-bond donors (Lipinski definition) is 2. The van der Waals surface area contributed by atoms with Gasteiger partial charge in [0.2, 0.25) is 0 Å². The van der Waals surface area contributed by atoms with Crippen molar-refractivity contribution in [1.82, 2.24) is 15.0 Å². The van der Waals surface area contributed by atoms with Gasteiger partial charge in [-0.15, -0.1) is 11.3 Å².